The van der Waals surface area contributed by atoms with E-state index in [9.17, 15) is 0 Å². The number of hydrogen-bond donors (Lipinski definition) is 0. The van der Waals surface area contributed by atoms with Gasteiger partial charge >= 0.3 is 0 Å². The highest BCUT2D eigenvalue weighted by atomic mass is 14.6. The first kappa shape index (κ1) is 72.7. The van der Waals surface area contributed by atoms with Crippen LogP contribution in [0.1, 0.15) is 252 Å². The van der Waals surface area contributed by atoms with Crippen molar-refractivity contribution in [2.24, 2.45) is 41.4 Å². The van der Waals surface area contributed by atoms with Crippen LogP contribution in [-0.2, 0) is 18.3 Å². The molecule has 6 bridgehead atoms. The van der Waals surface area contributed by atoms with Gasteiger partial charge in [0.2, 0.25) is 0 Å². The summed E-state index contributed by atoms with van der Waals surface area (Å²) in [5.41, 5.74) is 19.9. The van der Waals surface area contributed by atoms with E-state index in [1.165, 1.54) is 270 Å². The summed E-state index contributed by atoms with van der Waals surface area (Å²) in [5.74, 6) is 9.16. The maximum Gasteiger partial charge on any atom is -0.00328 e. The van der Waals surface area contributed by atoms with Gasteiger partial charge in [-0.1, -0.05) is 337 Å². The highest BCUT2D eigenvalue weighted by Gasteiger charge is 2.52. The molecule has 0 nitrogen and oxygen atoms in total. The maximum atomic E-state index is 2.52. The third-order valence-electron chi connectivity index (χ3n) is 27.0. The SMILES string of the molecule is Cc1cc(C(C)C)c2c(C)cccc2c1.Cc1cc(C23CC4CC(CC(C4)C2)C3)c2ccccc2c1.Cc1cc(C2CC3CCC2C3)c2ccccc2c1.Cc1cc(C2CCCC2)c2ccccc2c1.Cc1cc(CC2CCCC2)c2ccccc2c1.Cc1cc(CC2CCCCC2)c2ccccc2c1. The van der Waals surface area contributed by atoms with Crippen molar-refractivity contribution in [3.63, 3.8) is 0 Å². The molecule has 0 spiro atoms. The predicted octanol–water partition coefficient (Wildman–Crippen LogP) is 30.2. The molecular weight excluding hydrogens is 1260 g/mol. The van der Waals surface area contributed by atoms with Crippen LogP contribution in [0.3, 0.4) is 0 Å². The molecule has 0 heteroatoms. The van der Waals surface area contributed by atoms with Crippen LogP contribution >= 0.6 is 0 Å². The van der Waals surface area contributed by atoms with Crippen molar-refractivity contribution in [3.8, 4) is 0 Å². The van der Waals surface area contributed by atoms with Gasteiger partial charge in [-0.15, -0.1) is 0 Å². The van der Waals surface area contributed by atoms with Gasteiger partial charge in [-0.25, -0.2) is 0 Å². The number of aryl methyl sites for hydroxylation is 7. The Morgan fingerprint density at radius 3 is 1.22 bits per heavy atom. The van der Waals surface area contributed by atoms with Crippen LogP contribution in [0.2, 0.25) is 0 Å². The fraction of sp³-hybridized carbons (Fsp3) is 0.429. The Balaban J connectivity index is 0.000000102. The molecule has 12 aromatic rings. The van der Waals surface area contributed by atoms with Crippen molar-refractivity contribution in [3.05, 3.63) is 285 Å². The van der Waals surface area contributed by atoms with Gasteiger partial charge in [0.1, 0.15) is 0 Å². The summed E-state index contributed by atoms with van der Waals surface area (Å²) in [7, 11) is 0. The summed E-state index contributed by atoms with van der Waals surface area (Å²) < 4.78 is 0. The Morgan fingerprint density at radius 2 is 0.724 bits per heavy atom. The zero-order chi connectivity index (χ0) is 72.1. The molecule has 105 heavy (non-hydrogen) atoms. The lowest BCUT2D eigenvalue weighted by atomic mass is 9.47. The maximum absolute atomic E-state index is 2.52. The van der Waals surface area contributed by atoms with Gasteiger partial charge in [-0.2, -0.15) is 0 Å². The summed E-state index contributed by atoms with van der Waals surface area (Å²) in [6.07, 6.45) is 36.0. The van der Waals surface area contributed by atoms with Crippen molar-refractivity contribution in [2.75, 3.05) is 0 Å². The monoisotopic (exact) mass is 1380 g/mol. The Bertz CT molecular complexity index is 4940. The average Bonchev–Trinajstić information content (AvgIpc) is 1.18. The molecule has 542 valence electrons. The minimum atomic E-state index is 0.514. The number of rotatable bonds is 8. The minimum Gasteiger partial charge on any atom is -0.0616 e. The molecule has 0 amide bonds. The van der Waals surface area contributed by atoms with Gasteiger partial charge in [0, 0.05) is 0 Å². The molecule has 3 unspecified atom stereocenters. The number of hydrogen-bond acceptors (Lipinski definition) is 0. The first-order valence-corrected chi connectivity index (χ1v) is 42.1. The lowest BCUT2D eigenvalue weighted by molar-refractivity contribution is -0.00452. The van der Waals surface area contributed by atoms with Crippen LogP contribution < -0.4 is 0 Å². The Labute approximate surface area is 632 Å². The summed E-state index contributed by atoms with van der Waals surface area (Å²) >= 11 is 0. The molecule has 3 atom stereocenters. The summed E-state index contributed by atoms with van der Waals surface area (Å²) in [4.78, 5) is 0. The highest BCUT2D eigenvalue weighted by Crippen LogP contribution is 2.62. The van der Waals surface area contributed by atoms with Gasteiger partial charge < -0.3 is 0 Å². The van der Waals surface area contributed by atoms with Gasteiger partial charge in [-0.05, 0) is 300 Å². The second kappa shape index (κ2) is 32.7. The fourth-order valence-corrected chi connectivity index (χ4v) is 22.8. The highest BCUT2D eigenvalue weighted by molar-refractivity contribution is 5.92. The van der Waals surface area contributed by atoms with Crippen molar-refractivity contribution in [1.82, 2.24) is 0 Å². The van der Waals surface area contributed by atoms with Crippen LogP contribution in [0.25, 0.3) is 64.6 Å². The Morgan fingerprint density at radius 1 is 0.324 bits per heavy atom. The van der Waals surface area contributed by atoms with Crippen LogP contribution in [0.4, 0.5) is 0 Å². The Hall–Kier alpha value is -7.80. The van der Waals surface area contributed by atoms with E-state index >= 15 is 0 Å². The molecule has 0 N–H and O–H groups in total. The molecule has 0 aliphatic heterocycles. The quantitative estimate of drug-likeness (QED) is 0.142. The topological polar surface area (TPSA) is 0 Å². The smallest absolute Gasteiger partial charge is 0.00328 e. The van der Waals surface area contributed by atoms with Crippen LogP contribution in [0.15, 0.2) is 212 Å². The van der Waals surface area contributed by atoms with Crippen LogP contribution in [-0.4, -0.2) is 0 Å². The van der Waals surface area contributed by atoms with E-state index < -0.39 is 0 Å². The van der Waals surface area contributed by atoms with Crippen molar-refractivity contribution in [1.29, 1.82) is 0 Å². The van der Waals surface area contributed by atoms with E-state index in [0.717, 1.165) is 53.3 Å². The zero-order valence-corrected chi connectivity index (χ0v) is 65.7. The summed E-state index contributed by atoms with van der Waals surface area (Å²) in [6, 6.07) is 79.4. The Kier molecular flexibility index (Phi) is 22.7. The average molecular weight is 1380 g/mol. The fourth-order valence-electron chi connectivity index (χ4n) is 22.8. The van der Waals surface area contributed by atoms with Gasteiger partial charge in [0.15, 0.2) is 0 Å². The van der Waals surface area contributed by atoms with E-state index in [1.54, 1.807) is 27.8 Å². The van der Waals surface area contributed by atoms with Crippen molar-refractivity contribution < 1.29 is 0 Å². The molecule has 9 aliphatic rings. The van der Waals surface area contributed by atoms with Gasteiger partial charge in [-0.3, -0.25) is 0 Å². The van der Waals surface area contributed by atoms with E-state index in [0.29, 0.717) is 11.3 Å². The predicted molar refractivity (Wildman–Crippen MR) is 456 cm³/mol. The first-order chi connectivity index (χ1) is 51.1. The lowest BCUT2D eigenvalue weighted by Gasteiger charge is -2.57. The van der Waals surface area contributed by atoms with Crippen molar-refractivity contribution >= 4 is 64.6 Å². The number of benzene rings is 12. The summed E-state index contributed by atoms with van der Waals surface area (Å²) in [6.45, 7) is 20.1. The number of fused-ring (bicyclic) bond motifs is 8. The molecule has 9 fully saturated rings. The van der Waals surface area contributed by atoms with Gasteiger partial charge in [0.25, 0.3) is 0 Å². The lowest BCUT2D eigenvalue weighted by Crippen LogP contribution is -2.48. The molecule has 9 aliphatic carbocycles. The van der Waals surface area contributed by atoms with Crippen LogP contribution in [0.5, 0.6) is 0 Å². The third-order valence-corrected chi connectivity index (χ3v) is 27.0. The molecule has 0 radical (unpaired) electrons. The molecule has 21 rings (SSSR count). The molecule has 0 saturated heterocycles. The molecule has 9 saturated carbocycles. The molecule has 0 aromatic heterocycles. The van der Waals surface area contributed by atoms with E-state index in [4.69, 9.17) is 0 Å². The van der Waals surface area contributed by atoms with Crippen molar-refractivity contribution in [2.45, 2.75) is 246 Å². The molecule has 12 aromatic carbocycles. The second-order valence-electron chi connectivity index (χ2n) is 35.7. The third kappa shape index (κ3) is 16.8. The van der Waals surface area contributed by atoms with Crippen LogP contribution in [0, 0.1) is 89.9 Å². The van der Waals surface area contributed by atoms with Gasteiger partial charge in [0.05, 0.1) is 0 Å². The normalized spacial score (nSPS) is 22.5. The molecule has 0 heterocycles. The molecular formula is C105H122. The van der Waals surface area contributed by atoms with E-state index in [1.807, 2.05) is 0 Å². The standard InChI is InChI=1S/C21H24.C18H20.C18H22.C17H20.C16H18.C15H18/c1-14-6-18-4-2-3-5-19(18)20(7-14)21-11-15-8-16(12-21)10-17(9-15)13-21;1-12-8-14-4-2-3-5-16(14)18(9-12)17-11-13-6-7-15(17)10-13;1-14-11-16-9-5-6-10-18(16)17(12-14)13-15-7-3-2-4-8-15;1-13-10-15-8-4-5-9-17(15)16(11-13)12-14-6-2-3-7-14;1-12-10-14-8-4-5-9-15(14)16(11-12)13-6-2-3-7-13;1-10(2)14-9-11(3)8-13-7-5-6-12(4)15(13)14/h2-7,15-17H,8-13H2,1H3;2-5,8-9,13,15,17H,6-7,10-11H2,1H3;5-6,9-12,15H,2-4,7-8,13H2,1H3;4-5,8-11,14H,2-3,6-7,12H2,1H3;4-5,8-11,13H,2-3,6-7H2,1H3;5-10H,1-4H3. The minimum absolute atomic E-state index is 0.514. The van der Waals surface area contributed by atoms with E-state index in [-0.39, 0.29) is 0 Å². The zero-order valence-electron chi connectivity index (χ0n) is 65.7. The summed E-state index contributed by atoms with van der Waals surface area (Å²) in [5, 5.41) is 17.3. The first-order valence-electron chi connectivity index (χ1n) is 42.1. The largest absolute Gasteiger partial charge is 0.0616 e. The second-order valence-corrected chi connectivity index (χ2v) is 35.7. The van der Waals surface area contributed by atoms with E-state index in [2.05, 4.69) is 275 Å².